The summed E-state index contributed by atoms with van der Waals surface area (Å²) in [5.41, 5.74) is 3.93. The molecule has 2 aromatic carbocycles. The van der Waals surface area contributed by atoms with Crippen molar-refractivity contribution in [2.24, 2.45) is 0 Å². The number of aryl methyl sites for hydroxylation is 1. The number of halogens is 1. The summed E-state index contributed by atoms with van der Waals surface area (Å²) in [6, 6.07) is 19.5. The lowest BCUT2D eigenvalue weighted by Crippen LogP contribution is -2.50. The van der Waals surface area contributed by atoms with E-state index >= 15 is 0 Å². The van der Waals surface area contributed by atoms with Crippen LogP contribution >= 0.6 is 11.6 Å². The van der Waals surface area contributed by atoms with E-state index in [9.17, 15) is 4.79 Å². The molecule has 4 rings (SSSR count). The molecule has 0 aliphatic carbocycles. The van der Waals surface area contributed by atoms with Crippen molar-refractivity contribution >= 4 is 29.1 Å². The van der Waals surface area contributed by atoms with Crippen LogP contribution in [0, 0.1) is 0 Å². The fourth-order valence-corrected chi connectivity index (χ4v) is 3.66. The van der Waals surface area contributed by atoms with E-state index in [0.29, 0.717) is 36.9 Å². The van der Waals surface area contributed by atoms with Gasteiger partial charge in [0.2, 0.25) is 0 Å². The summed E-state index contributed by atoms with van der Waals surface area (Å²) in [6.45, 7) is 4.80. The van der Waals surface area contributed by atoms with Gasteiger partial charge in [-0.3, -0.25) is 0 Å². The fourth-order valence-electron chi connectivity index (χ4n) is 3.47. The van der Waals surface area contributed by atoms with Crippen LogP contribution in [0.1, 0.15) is 12.5 Å². The summed E-state index contributed by atoms with van der Waals surface area (Å²) < 4.78 is 0. The zero-order chi connectivity index (χ0) is 20.9. The largest absolute Gasteiger partial charge is 0.352 e. The van der Waals surface area contributed by atoms with Crippen LogP contribution in [0.5, 0.6) is 0 Å². The van der Waals surface area contributed by atoms with Crippen molar-refractivity contribution in [3.63, 3.8) is 0 Å². The highest BCUT2D eigenvalue weighted by Gasteiger charge is 2.22. The van der Waals surface area contributed by atoms with Gasteiger partial charge in [0.25, 0.3) is 0 Å². The van der Waals surface area contributed by atoms with E-state index < -0.39 is 0 Å². The first-order valence-corrected chi connectivity index (χ1v) is 10.5. The van der Waals surface area contributed by atoms with Crippen molar-refractivity contribution in [1.82, 2.24) is 15.1 Å². The highest BCUT2D eigenvalue weighted by Crippen LogP contribution is 2.21. The van der Waals surface area contributed by atoms with E-state index in [0.717, 1.165) is 23.5 Å². The molecule has 6 nitrogen and oxygen atoms in total. The molecule has 0 atom stereocenters. The molecule has 154 valence electrons. The molecule has 1 aliphatic heterocycles. The highest BCUT2D eigenvalue weighted by atomic mass is 35.5. The first kappa shape index (κ1) is 20.2. The lowest BCUT2D eigenvalue weighted by molar-refractivity contribution is 0.208. The average Bonchev–Trinajstić information content (AvgIpc) is 2.79. The monoisotopic (exact) mass is 421 g/mol. The Labute approximate surface area is 181 Å². The first-order chi connectivity index (χ1) is 14.6. The Morgan fingerprint density at radius 1 is 1.00 bits per heavy atom. The van der Waals surface area contributed by atoms with E-state index in [1.165, 1.54) is 5.56 Å². The molecule has 0 radical (unpaired) electrons. The van der Waals surface area contributed by atoms with Crippen molar-refractivity contribution in [1.29, 1.82) is 0 Å². The number of aromatic nitrogens is 2. The van der Waals surface area contributed by atoms with Crippen LogP contribution < -0.4 is 10.2 Å². The molecule has 1 fully saturated rings. The number of amides is 2. The number of benzene rings is 2. The lowest BCUT2D eigenvalue weighted by Gasteiger charge is -2.35. The van der Waals surface area contributed by atoms with Gasteiger partial charge in [-0.05, 0) is 42.3 Å². The van der Waals surface area contributed by atoms with Crippen molar-refractivity contribution in [3.05, 3.63) is 71.2 Å². The van der Waals surface area contributed by atoms with Gasteiger partial charge in [0, 0.05) is 42.5 Å². The Bertz CT molecular complexity index is 999. The third-order valence-electron chi connectivity index (χ3n) is 5.28. The van der Waals surface area contributed by atoms with Gasteiger partial charge in [0.1, 0.15) is 0 Å². The van der Waals surface area contributed by atoms with Crippen LogP contribution in [0.4, 0.5) is 16.3 Å². The van der Waals surface area contributed by atoms with Gasteiger partial charge >= 0.3 is 6.03 Å². The second-order valence-electron chi connectivity index (χ2n) is 7.24. The third-order valence-corrected chi connectivity index (χ3v) is 5.51. The van der Waals surface area contributed by atoms with Crippen LogP contribution in [-0.4, -0.2) is 47.3 Å². The molecule has 30 heavy (non-hydrogen) atoms. The molecule has 1 saturated heterocycles. The Kier molecular flexibility index (Phi) is 6.14. The summed E-state index contributed by atoms with van der Waals surface area (Å²) in [6.07, 6.45) is 1.02. The van der Waals surface area contributed by atoms with E-state index in [1.54, 1.807) is 17.0 Å². The third kappa shape index (κ3) is 4.71. The van der Waals surface area contributed by atoms with Crippen LogP contribution in [0.3, 0.4) is 0 Å². The molecule has 2 heterocycles. The van der Waals surface area contributed by atoms with Crippen LogP contribution in [0.15, 0.2) is 60.7 Å². The average molecular weight is 422 g/mol. The topological polar surface area (TPSA) is 61.4 Å². The molecule has 2 amide bonds. The molecule has 1 aliphatic rings. The van der Waals surface area contributed by atoms with Crippen molar-refractivity contribution in [2.45, 2.75) is 13.3 Å². The van der Waals surface area contributed by atoms with Gasteiger partial charge < -0.3 is 15.1 Å². The number of carbonyl (C=O) groups excluding carboxylic acids is 1. The van der Waals surface area contributed by atoms with Gasteiger partial charge in [0.05, 0.1) is 5.69 Å². The molecule has 0 bridgehead atoms. The van der Waals surface area contributed by atoms with Crippen LogP contribution in [-0.2, 0) is 6.42 Å². The van der Waals surface area contributed by atoms with Gasteiger partial charge in [-0.1, -0.05) is 48.9 Å². The number of nitrogens with one attached hydrogen (secondary N) is 1. The van der Waals surface area contributed by atoms with Crippen molar-refractivity contribution in [2.75, 3.05) is 36.4 Å². The minimum absolute atomic E-state index is 0.117. The van der Waals surface area contributed by atoms with Crippen molar-refractivity contribution < 1.29 is 4.79 Å². The summed E-state index contributed by atoms with van der Waals surface area (Å²) in [5.74, 6) is 0.832. The molecule has 7 heteroatoms. The second kappa shape index (κ2) is 9.13. The van der Waals surface area contributed by atoms with Crippen molar-refractivity contribution in [3.8, 4) is 11.3 Å². The van der Waals surface area contributed by atoms with E-state index in [1.807, 2.05) is 24.3 Å². The Hall–Kier alpha value is -3.12. The maximum absolute atomic E-state index is 12.5. The molecular weight excluding hydrogens is 398 g/mol. The number of rotatable bonds is 4. The highest BCUT2D eigenvalue weighted by molar-refractivity contribution is 6.30. The first-order valence-electron chi connectivity index (χ1n) is 10.1. The minimum atomic E-state index is -0.117. The summed E-state index contributed by atoms with van der Waals surface area (Å²) in [4.78, 5) is 16.4. The molecular formula is C23H24ClN5O. The molecule has 3 aromatic rings. The molecule has 1 N–H and O–H groups in total. The van der Waals surface area contributed by atoms with E-state index in [2.05, 4.69) is 51.6 Å². The lowest BCUT2D eigenvalue weighted by atomic mass is 10.1. The fraction of sp³-hybridized carbons (Fsp3) is 0.261. The van der Waals surface area contributed by atoms with Gasteiger partial charge in [-0.15, -0.1) is 10.2 Å². The number of urea groups is 1. The standard InChI is InChI=1S/C23H24ClN5O/c1-2-17-6-8-18(9-7-17)21-10-11-22(27-26-21)28-12-14-29(15-13-28)23(30)25-20-5-3-4-19(24)16-20/h3-11,16H,2,12-15H2,1H3,(H,25,30). The molecule has 0 spiro atoms. The zero-order valence-electron chi connectivity index (χ0n) is 16.9. The zero-order valence-corrected chi connectivity index (χ0v) is 17.6. The molecule has 0 unspecified atom stereocenters. The Balaban J connectivity index is 1.34. The second-order valence-corrected chi connectivity index (χ2v) is 7.68. The summed E-state index contributed by atoms with van der Waals surface area (Å²) in [5, 5.41) is 12.3. The molecule has 1 aromatic heterocycles. The normalized spacial score (nSPS) is 13.9. The van der Waals surface area contributed by atoms with Gasteiger partial charge in [-0.25, -0.2) is 4.79 Å². The number of nitrogens with zero attached hydrogens (tertiary/aromatic N) is 4. The number of carbonyl (C=O) groups is 1. The Morgan fingerprint density at radius 2 is 1.77 bits per heavy atom. The summed E-state index contributed by atoms with van der Waals surface area (Å²) in [7, 11) is 0. The SMILES string of the molecule is CCc1ccc(-c2ccc(N3CCN(C(=O)Nc4cccc(Cl)c4)CC3)nn2)cc1. The van der Waals surface area contributed by atoms with Gasteiger partial charge in [-0.2, -0.15) is 0 Å². The van der Waals surface area contributed by atoms with Gasteiger partial charge in [0.15, 0.2) is 5.82 Å². The minimum Gasteiger partial charge on any atom is -0.352 e. The Morgan fingerprint density at radius 3 is 2.40 bits per heavy atom. The quantitative estimate of drug-likeness (QED) is 0.662. The smallest absolute Gasteiger partial charge is 0.321 e. The maximum Gasteiger partial charge on any atom is 0.321 e. The summed E-state index contributed by atoms with van der Waals surface area (Å²) >= 11 is 5.98. The molecule has 0 saturated carbocycles. The number of hydrogen-bond acceptors (Lipinski definition) is 4. The van der Waals surface area contributed by atoms with E-state index in [4.69, 9.17) is 11.6 Å². The predicted octanol–water partition coefficient (Wildman–Crippen LogP) is 4.71. The number of hydrogen-bond donors (Lipinski definition) is 1. The number of anilines is 2. The predicted molar refractivity (Wildman–Crippen MR) is 121 cm³/mol. The van der Waals surface area contributed by atoms with Crippen LogP contribution in [0.2, 0.25) is 5.02 Å². The van der Waals surface area contributed by atoms with Crippen LogP contribution in [0.25, 0.3) is 11.3 Å². The van der Waals surface area contributed by atoms with E-state index in [-0.39, 0.29) is 6.03 Å². The maximum atomic E-state index is 12.5. The number of piperazine rings is 1.